The Kier molecular flexibility index (Phi) is 3.99. The zero-order valence-electron chi connectivity index (χ0n) is 12.0. The summed E-state index contributed by atoms with van der Waals surface area (Å²) in [6.45, 7) is 3.85. The lowest BCUT2D eigenvalue weighted by Gasteiger charge is -2.24. The van der Waals surface area contributed by atoms with Crippen molar-refractivity contribution < 1.29 is 19.1 Å². The summed E-state index contributed by atoms with van der Waals surface area (Å²) in [5, 5.41) is 13.0. The van der Waals surface area contributed by atoms with E-state index in [4.69, 9.17) is 10.2 Å². The first kappa shape index (κ1) is 15.1. The van der Waals surface area contributed by atoms with Crippen LogP contribution in [0.4, 0.5) is 0 Å². The van der Waals surface area contributed by atoms with Crippen LogP contribution in [-0.2, 0) is 11.3 Å². The summed E-state index contributed by atoms with van der Waals surface area (Å²) in [6, 6.07) is 6.98. The van der Waals surface area contributed by atoms with Gasteiger partial charge in [-0.2, -0.15) is 0 Å². The summed E-state index contributed by atoms with van der Waals surface area (Å²) in [7, 11) is 0. The van der Waals surface area contributed by atoms with Crippen molar-refractivity contribution in [1.29, 1.82) is 0 Å². The Morgan fingerprint density at radius 3 is 2.62 bits per heavy atom. The topological polar surface area (TPSA) is 106 Å². The van der Waals surface area contributed by atoms with E-state index < -0.39 is 17.4 Å². The molecule has 1 heterocycles. The summed E-state index contributed by atoms with van der Waals surface area (Å²) < 4.78 is 5.60. The Morgan fingerprint density at radius 1 is 1.33 bits per heavy atom. The number of hydrogen-bond donors (Lipinski definition) is 3. The first-order chi connectivity index (χ1) is 9.80. The average Bonchev–Trinajstić information content (AvgIpc) is 2.73. The van der Waals surface area contributed by atoms with Crippen molar-refractivity contribution >= 4 is 22.8 Å². The van der Waals surface area contributed by atoms with Gasteiger partial charge in [-0.15, -0.1) is 0 Å². The number of carbonyl (C=O) groups is 2. The fourth-order valence-electron chi connectivity index (χ4n) is 2.27. The number of para-hydroxylation sites is 1. The zero-order valence-corrected chi connectivity index (χ0v) is 12.0. The molecule has 112 valence electrons. The number of rotatable bonds is 6. The van der Waals surface area contributed by atoms with Crippen molar-refractivity contribution in [3.63, 3.8) is 0 Å². The van der Waals surface area contributed by atoms with Crippen LogP contribution in [0, 0.1) is 0 Å². The third kappa shape index (κ3) is 3.41. The standard InChI is InChI=1S/C15H18N2O4/c1-15(2,7-12(16)18)17-8-11-13(14(19)20)9-5-3-4-6-10(9)21-11/h3-6,17H,7-8H2,1-2H3,(H2,16,18)(H,19,20). The van der Waals surface area contributed by atoms with Gasteiger partial charge in [-0.05, 0) is 19.9 Å². The number of carbonyl (C=O) groups excluding carboxylic acids is 1. The van der Waals surface area contributed by atoms with E-state index in [1.807, 2.05) is 13.8 Å². The number of benzene rings is 1. The number of nitrogens with two attached hydrogens (primary N) is 1. The molecule has 1 amide bonds. The van der Waals surface area contributed by atoms with Crippen LogP contribution in [0.1, 0.15) is 36.4 Å². The second-order valence-corrected chi connectivity index (χ2v) is 5.58. The molecule has 0 bridgehead atoms. The van der Waals surface area contributed by atoms with Gasteiger partial charge >= 0.3 is 5.97 Å². The molecular formula is C15H18N2O4. The van der Waals surface area contributed by atoms with Crippen LogP contribution in [0.2, 0.25) is 0 Å². The summed E-state index contributed by atoms with van der Waals surface area (Å²) in [5.41, 5.74) is 5.32. The Labute approximate surface area is 121 Å². The maximum Gasteiger partial charge on any atom is 0.339 e. The summed E-state index contributed by atoms with van der Waals surface area (Å²) in [5.74, 6) is -1.12. The number of fused-ring (bicyclic) bond motifs is 1. The highest BCUT2D eigenvalue weighted by Crippen LogP contribution is 2.26. The molecule has 0 radical (unpaired) electrons. The summed E-state index contributed by atoms with van der Waals surface area (Å²) >= 11 is 0. The molecule has 0 spiro atoms. The molecule has 0 fully saturated rings. The quantitative estimate of drug-likeness (QED) is 0.753. The van der Waals surface area contributed by atoms with Crippen LogP contribution in [0.3, 0.4) is 0 Å². The molecule has 2 aromatic rings. The van der Waals surface area contributed by atoms with E-state index in [0.717, 1.165) is 0 Å². The predicted molar refractivity (Wildman–Crippen MR) is 77.9 cm³/mol. The lowest BCUT2D eigenvalue weighted by atomic mass is 10.00. The molecule has 0 aliphatic carbocycles. The number of nitrogens with one attached hydrogen (secondary N) is 1. The minimum Gasteiger partial charge on any atom is -0.478 e. The van der Waals surface area contributed by atoms with Gasteiger partial charge in [-0.25, -0.2) is 4.79 Å². The Balaban J connectivity index is 2.28. The Bertz CT molecular complexity index is 688. The van der Waals surface area contributed by atoms with Crippen LogP contribution >= 0.6 is 0 Å². The Morgan fingerprint density at radius 2 is 2.00 bits per heavy atom. The fourth-order valence-corrected chi connectivity index (χ4v) is 2.27. The first-order valence-electron chi connectivity index (χ1n) is 6.57. The largest absolute Gasteiger partial charge is 0.478 e. The van der Waals surface area contributed by atoms with Gasteiger partial charge in [0.2, 0.25) is 5.91 Å². The molecule has 0 atom stereocenters. The molecule has 0 aliphatic heterocycles. The highest BCUT2D eigenvalue weighted by molar-refractivity contribution is 6.03. The minimum atomic E-state index is -1.04. The minimum absolute atomic E-state index is 0.146. The molecule has 0 saturated heterocycles. The monoisotopic (exact) mass is 290 g/mol. The van der Waals surface area contributed by atoms with Crippen LogP contribution in [0.25, 0.3) is 11.0 Å². The first-order valence-corrected chi connectivity index (χ1v) is 6.57. The second kappa shape index (κ2) is 5.57. The van der Waals surface area contributed by atoms with Gasteiger partial charge in [0.1, 0.15) is 16.9 Å². The van der Waals surface area contributed by atoms with Crippen LogP contribution < -0.4 is 11.1 Å². The Hall–Kier alpha value is -2.34. The lowest BCUT2D eigenvalue weighted by molar-refractivity contribution is -0.119. The summed E-state index contributed by atoms with van der Waals surface area (Å²) in [4.78, 5) is 22.4. The van der Waals surface area contributed by atoms with E-state index in [2.05, 4.69) is 5.32 Å². The SMILES string of the molecule is CC(C)(CC(N)=O)NCc1oc2ccccc2c1C(=O)O. The van der Waals surface area contributed by atoms with Crippen LogP contribution in [-0.4, -0.2) is 22.5 Å². The number of carboxylic acid groups (broad SMARTS) is 1. The van der Waals surface area contributed by atoms with Gasteiger partial charge in [-0.3, -0.25) is 4.79 Å². The van der Waals surface area contributed by atoms with Gasteiger partial charge in [0.15, 0.2) is 0 Å². The number of carboxylic acids is 1. The number of primary amides is 1. The molecule has 1 aromatic heterocycles. The maximum absolute atomic E-state index is 11.4. The number of furan rings is 1. The van der Waals surface area contributed by atoms with E-state index in [0.29, 0.717) is 16.7 Å². The zero-order chi connectivity index (χ0) is 15.6. The molecule has 0 unspecified atom stereocenters. The van der Waals surface area contributed by atoms with Gasteiger partial charge in [-0.1, -0.05) is 18.2 Å². The van der Waals surface area contributed by atoms with Crippen molar-refractivity contribution in [3.8, 4) is 0 Å². The molecular weight excluding hydrogens is 272 g/mol. The van der Waals surface area contributed by atoms with Crippen molar-refractivity contribution in [3.05, 3.63) is 35.6 Å². The highest BCUT2D eigenvalue weighted by atomic mass is 16.4. The van der Waals surface area contributed by atoms with E-state index in [-0.39, 0.29) is 18.5 Å². The number of aromatic carboxylic acids is 1. The maximum atomic E-state index is 11.4. The van der Waals surface area contributed by atoms with Gasteiger partial charge in [0.05, 0.1) is 6.54 Å². The van der Waals surface area contributed by atoms with E-state index in [1.54, 1.807) is 24.3 Å². The third-order valence-electron chi connectivity index (χ3n) is 3.23. The smallest absolute Gasteiger partial charge is 0.339 e. The molecule has 6 heteroatoms. The van der Waals surface area contributed by atoms with Crippen molar-refractivity contribution in [2.45, 2.75) is 32.4 Å². The van der Waals surface area contributed by atoms with E-state index >= 15 is 0 Å². The summed E-state index contributed by atoms with van der Waals surface area (Å²) in [6.07, 6.45) is 0.148. The lowest BCUT2D eigenvalue weighted by Crippen LogP contribution is -2.42. The number of hydrogen-bond acceptors (Lipinski definition) is 4. The average molecular weight is 290 g/mol. The molecule has 6 nitrogen and oxygen atoms in total. The molecule has 21 heavy (non-hydrogen) atoms. The number of amides is 1. The van der Waals surface area contributed by atoms with Gasteiger partial charge in [0, 0.05) is 17.3 Å². The van der Waals surface area contributed by atoms with Crippen molar-refractivity contribution in [2.75, 3.05) is 0 Å². The van der Waals surface area contributed by atoms with Crippen LogP contribution in [0.5, 0.6) is 0 Å². The normalized spacial score (nSPS) is 11.7. The highest BCUT2D eigenvalue weighted by Gasteiger charge is 2.24. The fraction of sp³-hybridized carbons (Fsp3) is 0.333. The molecule has 2 rings (SSSR count). The van der Waals surface area contributed by atoms with E-state index in [1.165, 1.54) is 0 Å². The molecule has 4 N–H and O–H groups in total. The van der Waals surface area contributed by atoms with E-state index in [9.17, 15) is 14.7 Å². The van der Waals surface area contributed by atoms with Gasteiger partial charge < -0.3 is 20.6 Å². The second-order valence-electron chi connectivity index (χ2n) is 5.58. The van der Waals surface area contributed by atoms with Crippen molar-refractivity contribution in [2.24, 2.45) is 5.73 Å². The molecule has 0 aliphatic rings. The van der Waals surface area contributed by atoms with Crippen molar-refractivity contribution in [1.82, 2.24) is 5.32 Å². The predicted octanol–water partition coefficient (Wildman–Crippen LogP) is 1.87. The van der Waals surface area contributed by atoms with Crippen LogP contribution in [0.15, 0.2) is 28.7 Å². The molecule has 1 aromatic carbocycles. The molecule has 0 saturated carbocycles. The van der Waals surface area contributed by atoms with Gasteiger partial charge in [0.25, 0.3) is 0 Å². The third-order valence-corrected chi connectivity index (χ3v) is 3.23.